The molecule has 0 bridgehead atoms. The molecule has 5 heteroatoms. The summed E-state index contributed by atoms with van der Waals surface area (Å²) in [4.78, 5) is 14.0. The van der Waals surface area contributed by atoms with E-state index in [1.165, 1.54) is 12.8 Å². The molecular formula is C12H23N3O2. The van der Waals surface area contributed by atoms with Crippen molar-refractivity contribution in [2.75, 3.05) is 13.1 Å². The average molecular weight is 241 g/mol. The molecule has 1 amide bonds. The highest BCUT2D eigenvalue weighted by atomic mass is 16.4. The number of hydrogen-bond acceptors (Lipinski definition) is 3. The minimum atomic E-state index is -0.115. The van der Waals surface area contributed by atoms with Crippen molar-refractivity contribution in [1.82, 2.24) is 4.90 Å². The van der Waals surface area contributed by atoms with Crippen molar-refractivity contribution in [1.29, 1.82) is 0 Å². The van der Waals surface area contributed by atoms with Gasteiger partial charge in [0.1, 0.15) is 5.84 Å². The highest BCUT2D eigenvalue weighted by Gasteiger charge is 2.34. The molecule has 1 aliphatic carbocycles. The summed E-state index contributed by atoms with van der Waals surface area (Å²) in [5, 5.41) is 11.6. The number of amidine groups is 1. The predicted octanol–water partition coefficient (Wildman–Crippen LogP) is 1.26. The molecule has 0 heterocycles. The van der Waals surface area contributed by atoms with Gasteiger partial charge in [0.25, 0.3) is 0 Å². The maximum atomic E-state index is 12.2. The summed E-state index contributed by atoms with van der Waals surface area (Å²) < 4.78 is 0. The molecule has 2 unspecified atom stereocenters. The number of nitrogens with zero attached hydrogens (tertiary/aromatic N) is 2. The normalized spacial score (nSPS) is 19.8. The summed E-state index contributed by atoms with van der Waals surface area (Å²) >= 11 is 0. The van der Waals surface area contributed by atoms with Crippen LogP contribution >= 0.6 is 0 Å². The van der Waals surface area contributed by atoms with Gasteiger partial charge in [0.15, 0.2) is 0 Å². The van der Waals surface area contributed by atoms with Gasteiger partial charge >= 0.3 is 0 Å². The molecule has 0 saturated heterocycles. The van der Waals surface area contributed by atoms with E-state index in [-0.39, 0.29) is 23.6 Å². The zero-order valence-electron chi connectivity index (χ0n) is 10.9. The second kappa shape index (κ2) is 5.89. The van der Waals surface area contributed by atoms with Gasteiger partial charge in [-0.2, -0.15) is 0 Å². The molecule has 0 spiro atoms. The lowest BCUT2D eigenvalue weighted by molar-refractivity contribution is -0.135. The molecule has 0 aromatic carbocycles. The van der Waals surface area contributed by atoms with Gasteiger partial charge in [-0.1, -0.05) is 19.0 Å². The van der Waals surface area contributed by atoms with Crippen molar-refractivity contribution in [2.45, 2.75) is 33.6 Å². The van der Waals surface area contributed by atoms with Gasteiger partial charge in [-0.25, -0.2) is 0 Å². The van der Waals surface area contributed by atoms with Crippen molar-refractivity contribution in [3.63, 3.8) is 0 Å². The van der Waals surface area contributed by atoms with Crippen LogP contribution in [0.15, 0.2) is 5.16 Å². The van der Waals surface area contributed by atoms with E-state index in [4.69, 9.17) is 10.9 Å². The topological polar surface area (TPSA) is 78.9 Å². The average Bonchev–Trinajstić information content (AvgIpc) is 3.16. The number of carbonyl (C=O) groups is 1. The largest absolute Gasteiger partial charge is 0.409 e. The molecule has 98 valence electrons. The lowest BCUT2D eigenvalue weighted by Gasteiger charge is -2.26. The molecule has 1 rings (SSSR count). The van der Waals surface area contributed by atoms with Gasteiger partial charge in [-0.05, 0) is 25.7 Å². The van der Waals surface area contributed by atoms with Crippen LogP contribution in [-0.2, 0) is 4.79 Å². The fourth-order valence-corrected chi connectivity index (χ4v) is 1.98. The maximum absolute atomic E-state index is 12.2. The molecule has 0 aromatic heterocycles. The highest BCUT2D eigenvalue weighted by molar-refractivity contribution is 5.83. The van der Waals surface area contributed by atoms with Gasteiger partial charge < -0.3 is 15.8 Å². The lowest BCUT2D eigenvalue weighted by atomic mass is 10.0. The first-order valence-electron chi connectivity index (χ1n) is 6.27. The second-order valence-corrected chi connectivity index (χ2v) is 4.93. The Morgan fingerprint density at radius 2 is 2.12 bits per heavy atom. The lowest BCUT2D eigenvalue weighted by Crippen LogP contribution is -2.41. The minimum absolute atomic E-state index is 0.106. The molecule has 0 aromatic rings. The van der Waals surface area contributed by atoms with Crippen LogP contribution in [0.1, 0.15) is 33.6 Å². The van der Waals surface area contributed by atoms with Gasteiger partial charge in [-0.15, -0.1) is 0 Å². The first kappa shape index (κ1) is 13.8. The van der Waals surface area contributed by atoms with Gasteiger partial charge in [0.05, 0.1) is 0 Å². The summed E-state index contributed by atoms with van der Waals surface area (Å²) in [7, 11) is 0. The van der Waals surface area contributed by atoms with E-state index in [0.717, 1.165) is 0 Å². The van der Waals surface area contributed by atoms with Crippen LogP contribution in [0.2, 0.25) is 0 Å². The van der Waals surface area contributed by atoms with Crippen molar-refractivity contribution in [2.24, 2.45) is 28.6 Å². The summed E-state index contributed by atoms with van der Waals surface area (Å²) in [6, 6.07) is 0. The number of nitrogens with two attached hydrogens (primary N) is 1. The van der Waals surface area contributed by atoms with Crippen LogP contribution in [0, 0.1) is 17.8 Å². The van der Waals surface area contributed by atoms with Crippen molar-refractivity contribution in [3.8, 4) is 0 Å². The third-order valence-electron chi connectivity index (χ3n) is 3.53. The molecule has 1 saturated carbocycles. The van der Waals surface area contributed by atoms with E-state index in [9.17, 15) is 4.79 Å². The highest BCUT2D eigenvalue weighted by Crippen LogP contribution is 2.37. The summed E-state index contributed by atoms with van der Waals surface area (Å²) in [6.07, 6.45) is 2.33. The molecule has 0 aliphatic heterocycles. The Morgan fingerprint density at radius 1 is 1.53 bits per heavy atom. The zero-order chi connectivity index (χ0) is 13.0. The van der Waals surface area contributed by atoms with Crippen LogP contribution in [0.5, 0.6) is 0 Å². The number of amides is 1. The quantitative estimate of drug-likeness (QED) is 0.318. The van der Waals surface area contributed by atoms with Gasteiger partial charge in [0, 0.05) is 24.9 Å². The van der Waals surface area contributed by atoms with E-state index >= 15 is 0 Å². The number of oxime groups is 1. The molecule has 1 fully saturated rings. The van der Waals surface area contributed by atoms with Crippen LogP contribution in [0.4, 0.5) is 0 Å². The smallest absolute Gasteiger partial charge is 0.225 e. The third-order valence-corrected chi connectivity index (χ3v) is 3.53. The Bertz CT molecular complexity index is 300. The van der Waals surface area contributed by atoms with Crippen LogP contribution < -0.4 is 5.73 Å². The molecule has 1 aliphatic rings. The first-order valence-corrected chi connectivity index (χ1v) is 6.27. The Kier molecular flexibility index (Phi) is 4.78. The second-order valence-electron chi connectivity index (χ2n) is 4.93. The molecule has 2 atom stereocenters. The molecule has 5 nitrogen and oxygen atoms in total. The Labute approximate surface area is 103 Å². The van der Waals surface area contributed by atoms with Gasteiger partial charge in [0.2, 0.25) is 5.91 Å². The van der Waals surface area contributed by atoms with Crippen LogP contribution in [-0.4, -0.2) is 34.9 Å². The summed E-state index contributed by atoms with van der Waals surface area (Å²) in [5.41, 5.74) is 5.53. The van der Waals surface area contributed by atoms with E-state index in [1.807, 2.05) is 20.8 Å². The van der Waals surface area contributed by atoms with Crippen LogP contribution in [0.3, 0.4) is 0 Å². The monoisotopic (exact) mass is 241 g/mol. The van der Waals surface area contributed by atoms with Crippen molar-refractivity contribution < 1.29 is 10.0 Å². The number of hydrogen-bond donors (Lipinski definition) is 2. The van der Waals surface area contributed by atoms with E-state index in [2.05, 4.69) is 5.16 Å². The standard InChI is InChI=1S/C12H23N3O2/c1-4-15(7-8(2)11(13)14-17)12(16)9(3)10-5-6-10/h8-10,17H,4-7H2,1-3H3,(H2,13,14). The Balaban J connectivity index is 2.55. The maximum Gasteiger partial charge on any atom is 0.225 e. The van der Waals surface area contributed by atoms with E-state index in [1.54, 1.807) is 4.90 Å². The minimum Gasteiger partial charge on any atom is -0.409 e. The summed E-state index contributed by atoms with van der Waals surface area (Å²) in [6.45, 7) is 6.99. The molecular weight excluding hydrogens is 218 g/mol. The third kappa shape index (κ3) is 3.61. The molecule has 3 N–H and O–H groups in total. The number of carbonyl (C=O) groups excluding carboxylic acids is 1. The van der Waals surface area contributed by atoms with E-state index < -0.39 is 0 Å². The first-order chi connectivity index (χ1) is 8.01. The van der Waals surface area contributed by atoms with Crippen molar-refractivity contribution in [3.05, 3.63) is 0 Å². The Hall–Kier alpha value is -1.26. The van der Waals surface area contributed by atoms with Crippen LogP contribution in [0.25, 0.3) is 0 Å². The molecule has 0 radical (unpaired) electrons. The SMILES string of the molecule is CCN(CC(C)C(N)=NO)C(=O)C(C)C1CC1. The fourth-order valence-electron chi connectivity index (χ4n) is 1.98. The predicted molar refractivity (Wildman–Crippen MR) is 66.7 cm³/mol. The molecule has 17 heavy (non-hydrogen) atoms. The van der Waals surface area contributed by atoms with E-state index in [0.29, 0.717) is 19.0 Å². The zero-order valence-corrected chi connectivity index (χ0v) is 10.9. The summed E-state index contributed by atoms with van der Waals surface area (Å²) in [5.74, 6) is 0.920. The van der Waals surface area contributed by atoms with Gasteiger partial charge in [-0.3, -0.25) is 4.79 Å². The van der Waals surface area contributed by atoms with Crippen molar-refractivity contribution >= 4 is 11.7 Å². The fraction of sp³-hybridized carbons (Fsp3) is 0.833. The number of rotatable bonds is 6. The Morgan fingerprint density at radius 3 is 2.53 bits per heavy atom.